The van der Waals surface area contributed by atoms with Crippen molar-refractivity contribution in [3.05, 3.63) is 24.3 Å². The Kier molecular flexibility index (Phi) is 6.13. The quantitative estimate of drug-likeness (QED) is 0.701. The van der Waals surface area contributed by atoms with Crippen LogP contribution in [0.25, 0.3) is 11.1 Å². The maximum atomic E-state index is 11.7. The van der Waals surface area contributed by atoms with Gasteiger partial charge in [-0.1, -0.05) is 0 Å². The van der Waals surface area contributed by atoms with E-state index >= 15 is 0 Å². The van der Waals surface area contributed by atoms with E-state index in [0.29, 0.717) is 44.7 Å². The van der Waals surface area contributed by atoms with Gasteiger partial charge in [-0.2, -0.15) is 0 Å². The van der Waals surface area contributed by atoms with Gasteiger partial charge in [0.15, 0.2) is 16.9 Å². The van der Waals surface area contributed by atoms with E-state index < -0.39 is 0 Å². The standard InChI is InChI=1S/C16H16O6P2/c1-19-9-5-11(21-3)15(13(7-9)23-17)16-12(22-4)6-10(20-2)8-14(16)24-18/h5-8H,1-4H3. The van der Waals surface area contributed by atoms with Crippen LogP contribution in [-0.4, -0.2) is 28.4 Å². The molecule has 2 rings (SSSR count). The van der Waals surface area contributed by atoms with Crippen molar-refractivity contribution >= 4 is 27.5 Å². The summed E-state index contributed by atoms with van der Waals surface area (Å²) in [7, 11) is 5.55. The van der Waals surface area contributed by atoms with Crippen LogP contribution in [-0.2, 0) is 9.13 Å². The van der Waals surface area contributed by atoms with Crippen LogP contribution in [0.15, 0.2) is 24.3 Å². The monoisotopic (exact) mass is 366 g/mol. The van der Waals surface area contributed by atoms with Crippen LogP contribution in [0.5, 0.6) is 23.0 Å². The van der Waals surface area contributed by atoms with Crippen LogP contribution < -0.4 is 29.6 Å². The number of methoxy groups -OCH3 is 4. The van der Waals surface area contributed by atoms with E-state index in [2.05, 4.69) is 0 Å². The van der Waals surface area contributed by atoms with Crippen molar-refractivity contribution in [2.24, 2.45) is 0 Å². The van der Waals surface area contributed by atoms with Crippen molar-refractivity contribution in [3.8, 4) is 34.1 Å². The fourth-order valence-corrected chi connectivity index (χ4v) is 3.34. The van der Waals surface area contributed by atoms with Gasteiger partial charge in [-0.15, -0.1) is 0 Å². The molecule has 126 valence electrons. The van der Waals surface area contributed by atoms with Crippen LogP contribution in [0.1, 0.15) is 0 Å². The molecule has 0 aliphatic carbocycles. The van der Waals surface area contributed by atoms with Gasteiger partial charge >= 0.3 is 0 Å². The van der Waals surface area contributed by atoms with Crippen LogP contribution in [0.3, 0.4) is 0 Å². The second-order valence-electron chi connectivity index (χ2n) is 4.63. The van der Waals surface area contributed by atoms with Crippen molar-refractivity contribution in [1.82, 2.24) is 0 Å². The highest BCUT2D eigenvalue weighted by molar-refractivity contribution is 7.35. The molecule has 0 N–H and O–H groups in total. The van der Waals surface area contributed by atoms with E-state index in [0.717, 1.165) is 0 Å². The molecular weight excluding hydrogens is 350 g/mol. The van der Waals surface area contributed by atoms with E-state index in [9.17, 15) is 9.13 Å². The van der Waals surface area contributed by atoms with E-state index in [4.69, 9.17) is 18.9 Å². The molecule has 24 heavy (non-hydrogen) atoms. The van der Waals surface area contributed by atoms with Gasteiger partial charge in [0.2, 0.25) is 0 Å². The first-order chi connectivity index (χ1) is 11.6. The second kappa shape index (κ2) is 8.09. The van der Waals surface area contributed by atoms with E-state index in [1.54, 1.807) is 24.3 Å². The fourth-order valence-electron chi connectivity index (χ4n) is 2.36. The normalized spacial score (nSPS) is 10.7. The molecule has 0 aliphatic rings. The average molecular weight is 366 g/mol. The van der Waals surface area contributed by atoms with Gasteiger partial charge in [0.05, 0.1) is 39.0 Å². The van der Waals surface area contributed by atoms with Crippen molar-refractivity contribution in [2.75, 3.05) is 28.4 Å². The first-order valence-corrected chi connectivity index (χ1v) is 8.45. The SMILES string of the molecule is COc1cc(OC)c(-c2c(OC)cc(OC)cc2P=O)c(P=O)c1. The number of rotatable bonds is 7. The molecular formula is C16H16O6P2. The molecule has 0 aromatic heterocycles. The maximum absolute atomic E-state index is 11.7. The zero-order chi connectivity index (χ0) is 17.7. The lowest BCUT2D eigenvalue weighted by molar-refractivity contribution is 0.392. The van der Waals surface area contributed by atoms with Crippen molar-refractivity contribution < 1.29 is 28.1 Å². The molecule has 0 radical (unpaired) electrons. The highest BCUT2D eigenvalue weighted by Gasteiger charge is 2.23. The van der Waals surface area contributed by atoms with E-state index in [1.165, 1.54) is 28.4 Å². The third-order valence-corrected chi connectivity index (χ3v) is 4.57. The van der Waals surface area contributed by atoms with E-state index in [-0.39, 0.29) is 16.9 Å². The second-order valence-corrected chi connectivity index (χ2v) is 5.96. The number of hydrogen-bond donors (Lipinski definition) is 0. The summed E-state index contributed by atoms with van der Waals surface area (Å²) in [6, 6.07) is 6.58. The summed E-state index contributed by atoms with van der Waals surface area (Å²) in [5.41, 5.74) is 1.04. The summed E-state index contributed by atoms with van der Waals surface area (Å²) in [6.45, 7) is 0. The van der Waals surface area contributed by atoms with Crippen molar-refractivity contribution in [3.63, 3.8) is 0 Å². The van der Waals surface area contributed by atoms with Gasteiger partial charge in [-0.05, 0) is 12.1 Å². The van der Waals surface area contributed by atoms with Crippen molar-refractivity contribution in [2.45, 2.75) is 0 Å². The summed E-state index contributed by atoms with van der Waals surface area (Å²) in [5, 5.41) is 0.860. The molecule has 0 amide bonds. The third kappa shape index (κ3) is 3.35. The summed E-state index contributed by atoms with van der Waals surface area (Å²) in [5.74, 6) is 1.87. The fraction of sp³-hybridized carbons (Fsp3) is 0.250. The lowest BCUT2D eigenvalue weighted by atomic mass is 10.0. The first-order valence-electron chi connectivity index (χ1n) is 6.82. The number of ether oxygens (including phenoxy) is 4. The maximum Gasteiger partial charge on any atom is 0.193 e. The summed E-state index contributed by atoms with van der Waals surface area (Å²) >= 11 is 0. The molecule has 0 bridgehead atoms. The zero-order valence-electron chi connectivity index (χ0n) is 13.7. The molecule has 6 nitrogen and oxygen atoms in total. The molecule has 2 aromatic rings. The Morgan fingerprint density at radius 3 is 1.25 bits per heavy atom. The topological polar surface area (TPSA) is 71.1 Å². The van der Waals surface area contributed by atoms with Crippen LogP contribution in [0.2, 0.25) is 0 Å². The zero-order valence-corrected chi connectivity index (χ0v) is 15.4. The molecule has 0 saturated carbocycles. The van der Waals surface area contributed by atoms with Crippen LogP contribution >= 0.6 is 16.9 Å². The van der Waals surface area contributed by atoms with Gasteiger partial charge in [0.25, 0.3) is 0 Å². The van der Waals surface area contributed by atoms with Gasteiger partial charge in [-0.3, -0.25) is 9.13 Å². The minimum atomic E-state index is -0.230. The smallest absolute Gasteiger partial charge is 0.193 e. The lowest BCUT2D eigenvalue weighted by Gasteiger charge is -2.17. The average Bonchev–Trinajstić information content (AvgIpc) is 2.65. The Bertz CT molecular complexity index is 710. The molecule has 0 heterocycles. The minimum absolute atomic E-state index is 0.230. The van der Waals surface area contributed by atoms with Crippen molar-refractivity contribution in [1.29, 1.82) is 0 Å². The Hall–Kier alpha value is -2.16. The third-order valence-electron chi connectivity index (χ3n) is 3.47. The van der Waals surface area contributed by atoms with Gasteiger partial charge in [-0.25, -0.2) is 0 Å². The predicted octanol–water partition coefficient (Wildman–Crippen LogP) is 3.22. The lowest BCUT2D eigenvalue weighted by Crippen LogP contribution is -2.10. The van der Waals surface area contributed by atoms with Crippen LogP contribution in [0, 0.1) is 0 Å². The molecule has 0 saturated heterocycles. The highest BCUT2D eigenvalue weighted by Crippen LogP contribution is 2.40. The van der Waals surface area contributed by atoms with Gasteiger partial charge < -0.3 is 18.9 Å². The Morgan fingerprint density at radius 1 is 0.625 bits per heavy atom. The molecule has 2 aromatic carbocycles. The molecule has 8 heteroatoms. The number of benzene rings is 2. The van der Waals surface area contributed by atoms with Gasteiger partial charge in [0.1, 0.15) is 23.0 Å². The molecule has 0 atom stereocenters. The Labute approximate surface area is 143 Å². The molecule has 0 unspecified atom stereocenters. The summed E-state index contributed by atoms with van der Waals surface area (Å²) in [4.78, 5) is 0. The van der Waals surface area contributed by atoms with Gasteiger partial charge in [0, 0.05) is 23.3 Å². The Morgan fingerprint density at radius 2 is 1.00 bits per heavy atom. The summed E-state index contributed by atoms with van der Waals surface area (Å²) in [6.07, 6.45) is 0. The highest BCUT2D eigenvalue weighted by atomic mass is 31.1. The predicted molar refractivity (Wildman–Crippen MR) is 92.6 cm³/mol. The molecule has 0 fully saturated rings. The number of hydrogen-bond acceptors (Lipinski definition) is 6. The van der Waals surface area contributed by atoms with Crippen LogP contribution in [0.4, 0.5) is 0 Å². The Balaban J connectivity index is 2.89. The first kappa shape index (κ1) is 18.2. The molecule has 0 spiro atoms. The van der Waals surface area contributed by atoms with E-state index in [1.807, 2.05) is 0 Å². The minimum Gasteiger partial charge on any atom is -0.497 e. The largest absolute Gasteiger partial charge is 0.497 e. The molecule has 0 aliphatic heterocycles. The summed E-state index contributed by atoms with van der Waals surface area (Å²) < 4.78 is 44.7.